The number of nitrogens with one attached hydrogen (secondary N) is 1. The fourth-order valence-electron chi connectivity index (χ4n) is 3.24. The molecule has 3 rings (SSSR count). The number of ether oxygens (including phenoxy) is 4. The van der Waals surface area contributed by atoms with E-state index in [0.717, 1.165) is 0 Å². The third-order valence-corrected chi connectivity index (χ3v) is 4.79. The molecule has 1 amide bonds. The van der Waals surface area contributed by atoms with Gasteiger partial charge in [0.1, 0.15) is 0 Å². The van der Waals surface area contributed by atoms with Crippen LogP contribution in [0.3, 0.4) is 0 Å². The van der Waals surface area contributed by atoms with Gasteiger partial charge in [0.05, 0.1) is 52.1 Å². The smallest absolute Gasteiger partial charge is 0.274 e. The number of carbonyl (C=O) groups excluding carboxylic acids is 1. The molecule has 1 aromatic heterocycles. The first kappa shape index (κ1) is 22.1. The number of hydrogen-bond acceptors (Lipinski definition) is 7. The molecule has 0 unspecified atom stereocenters. The van der Waals surface area contributed by atoms with Gasteiger partial charge in [0, 0.05) is 18.1 Å². The Kier molecular flexibility index (Phi) is 7.09. The summed E-state index contributed by atoms with van der Waals surface area (Å²) in [5.41, 5.74) is 0.714. The molecule has 2 aromatic carbocycles. The van der Waals surface area contributed by atoms with Gasteiger partial charge in [-0.05, 0) is 18.2 Å². The van der Waals surface area contributed by atoms with Crippen molar-refractivity contribution in [1.29, 1.82) is 0 Å². The van der Waals surface area contributed by atoms with E-state index < -0.39 is 0 Å². The highest BCUT2D eigenvalue weighted by molar-refractivity contribution is 5.96. The Morgan fingerprint density at radius 3 is 2.23 bits per heavy atom. The quantitative estimate of drug-likeness (QED) is 0.557. The lowest BCUT2D eigenvalue weighted by Crippen LogP contribution is -2.29. The third kappa shape index (κ3) is 4.61. The number of nitrogens with zero attached hydrogens (tertiary/aromatic N) is 2. The molecule has 0 aliphatic carbocycles. The van der Waals surface area contributed by atoms with Crippen LogP contribution in [0.4, 0.5) is 0 Å². The summed E-state index contributed by atoms with van der Waals surface area (Å²) in [6.07, 6.45) is 0. The van der Waals surface area contributed by atoms with E-state index in [1.54, 1.807) is 31.4 Å². The van der Waals surface area contributed by atoms with Gasteiger partial charge >= 0.3 is 0 Å². The van der Waals surface area contributed by atoms with Crippen LogP contribution in [-0.2, 0) is 17.8 Å². The molecule has 0 aliphatic heterocycles. The SMILES string of the molecule is COCCn1nc(CNC(=O)c2cc(OC)c(OC)c(OC)c2)c2ccccc2c1=O. The van der Waals surface area contributed by atoms with Gasteiger partial charge in [0.15, 0.2) is 11.5 Å². The van der Waals surface area contributed by atoms with E-state index in [1.165, 1.54) is 26.0 Å². The molecular weight excluding hydrogens is 402 g/mol. The number of benzene rings is 2. The van der Waals surface area contributed by atoms with E-state index in [4.69, 9.17) is 18.9 Å². The minimum atomic E-state index is -0.347. The first-order valence-corrected chi connectivity index (χ1v) is 9.59. The molecule has 1 N–H and O–H groups in total. The second-order valence-corrected chi connectivity index (χ2v) is 6.61. The summed E-state index contributed by atoms with van der Waals surface area (Å²) >= 11 is 0. The molecule has 0 bridgehead atoms. The molecule has 0 atom stereocenters. The summed E-state index contributed by atoms with van der Waals surface area (Å²) in [6, 6.07) is 10.3. The Bertz CT molecular complexity index is 1120. The number of hydrogen-bond donors (Lipinski definition) is 1. The Morgan fingerprint density at radius 1 is 1.00 bits per heavy atom. The highest BCUT2D eigenvalue weighted by Crippen LogP contribution is 2.38. The molecule has 0 radical (unpaired) electrons. The topological polar surface area (TPSA) is 101 Å². The van der Waals surface area contributed by atoms with Gasteiger partial charge in [0.25, 0.3) is 11.5 Å². The average Bonchev–Trinajstić information content (AvgIpc) is 2.81. The van der Waals surface area contributed by atoms with Gasteiger partial charge in [-0.1, -0.05) is 18.2 Å². The highest BCUT2D eigenvalue weighted by Gasteiger charge is 2.18. The largest absolute Gasteiger partial charge is 0.493 e. The molecule has 0 saturated heterocycles. The minimum Gasteiger partial charge on any atom is -0.493 e. The molecule has 1 heterocycles. The van der Waals surface area contributed by atoms with E-state index in [2.05, 4.69) is 10.4 Å². The van der Waals surface area contributed by atoms with Crippen LogP contribution in [0.15, 0.2) is 41.2 Å². The van der Waals surface area contributed by atoms with E-state index in [-0.39, 0.29) is 18.0 Å². The lowest BCUT2D eigenvalue weighted by Gasteiger charge is -2.14. The van der Waals surface area contributed by atoms with Crippen molar-refractivity contribution >= 4 is 16.7 Å². The van der Waals surface area contributed by atoms with Crippen LogP contribution in [0.25, 0.3) is 10.8 Å². The molecule has 9 nitrogen and oxygen atoms in total. The van der Waals surface area contributed by atoms with Crippen molar-refractivity contribution < 1.29 is 23.7 Å². The zero-order chi connectivity index (χ0) is 22.4. The van der Waals surface area contributed by atoms with Crippen molar-refractivity contribution in [1.82, 2.24) is 15.1 Å². The van der Waals surface area contributed by atoms with Gasteiger partial charge in [-0.25, -0.2) is 4.68 Å². The fourth-order valence-corrected chi connectivity index (χ4v) is 3.24. The molecule has 0 saturated carbocycles. The van der Waals surface area contributed by atoms with Crippen LogP contribution in [-0.4, -0.2) is 50.7 Å². The lowest BCUT2D eigenvalue weighted by atomic mass is 10.1. The van der Waals surface area contributed by atoms with Crippen LogP contribution >= 0.6 is 0 Å². The van der Waals surface area contributed by atoms with Gasteiger partial charge in [-0.3, -0.25) is 9.59 Å². The molecule has 0 fully saturated rings. The van der Waals surface area contributed by atoms with Crippen LogP contribution < -0.4 is 25.1 Å². The molecule has 0 spiro atoms. The standard InChI is InChI=1S/C22H25N3O6/c1-28-10-9-25-22(27)16-8-6-5-7-15(16)17(24-25)13-23-21(26)14-11-18(29-2)20(31-4)19(12-14)30-3/h5-8,11-12H,9-10,13H2,1-4H3,(H,23,26). The maximum atomic E-state index is 12.8. The average molecular weight is 427 g/mol. The van der Waals surface area contributed by atoms with Gasteiger partial charge < -0.3 is 24.3 Å². The summed E-state index contributed by atoms with van der Waals surface area (Å²) in [5.74, 6) is 0.812. The van der Waals surface area contributed by atoms with Crippen molar-refractivity contribution in [2.75, 3.05) is 35.0 Å². The second kappa shape index (κ2) is 9.94. The van der Waals surface area contributed by atoms with Crippen LogP contribution in [0.2, 0.25) is 0 Å². The van der Waals surface area contributed by atoms with Gasteiger partial charge in [-0.2, -0.15) is 5.10 Å². The second-order valence-electron chi connectivity index (χ2n) is 6.61. The first-order chi connectivity index (χ1) is 15.0. The zero-order valence-electron chi connectivity index (χ0n) is 17.9. The maximum Gasteiger partial charge on any atom is 0.274 e. The van der Waals surface area contributed by atoms with Crippen molar-refractivity contribution in [3.63, 3.8) is 0 Å². The van der Waals surface area contributed by atoms with E-state index in [9.17, 15) is 9.59 Å². The fraction of sp³-hybridized carbons (Fsp3) is 0.318. The minimum absolute atomic E-state index is 0.128. The molecular formula is C22H25N3O6. The summed E-state index contributed by atoms with van der Waals surface area (Å²) in [4.78, 5) is 25.5. The normalized spacial score (nSPS) is 10.7. The van der Waals surface area contributed by atoms with Crippen molar-refractivity contribution in [3.05, 3.63) is 58.0 Å². The van der Waals surface area contributed by atoms with Crippen molar-refractivity contribution in [2.24, 2.45) is 0 Å². The molecule has 0 aliphatic rings. The van der Waals surface area contributed by atoms with Crippen molar-refractivity contribution in [2.45, 2.75) is 13.1 Å². The number of carbonyl (C=O) groups is 1. The van der Waals surface area contributed by atoms with Crippen LogP contribution in [0, 0.1) is 0 Å². The summed E-state index contributed by atoms with van der Waals surface area (Å²) < 4.78 is 22.3. The lowest BCUT2D eigenvalue weighted by molar-refractivity contribution is 0.0949. The Morgan fingerprint density at radius 2 is 1.65 bits per heavy atom. The van der Waals surface area contributed by atoms with Crippen LogP contribution in [0.5, 0.6) is 17.2 Å². The maximum absolute atomic E-state index is 12.8. The summed E-state index contributed by atoms with van der Waals surface area (Å²) in [6.45, 7) is 0.791. The van der Waals surface area contributed by atoms with Gasteiger partial charge in [-0.15, -0.1) is 0 Å². The number of rotatable bonds is 9. The third-order valence-electron chi connectivity index (χ3n) is 4.79. The van der Waals surface area contributed by atoms with E-state index in [0.29, 0.717) is 52.4 Å². The molecule has 164 valence electrons. The monoisotopic (exact) mass is 427 g/mol. The number of aromatic nitrogens is 2. The predicted molar refractivity (Wildman–Crippen MR) is 115 cm³/mol. The molecule has 31 heavy (non-hydrogen) atoms. The Balaban J connectivity index is 1.91. The molecule has 9 heteroatoms. The number of amides is 1. The van der Waals surface area contributed by atoms with Crippen LogP contribution in [0.1, 0.15) is 16.1 Å². The molecule has 3 aromatic rings. The number of fused-ring (bicyclic) bond motifs is 1. The van der Waals surface area contributed by atoms with E-state index in [1.807, 2.05) is 12.1 Å². The van der Waals surface area contributed by atoms with Gasteiger partial charge in [0.2, 0.25) is 5.75 Å². The Labute approximate surface area is 179 Å². The Hall–Kier alpha value is -3.59. The zero-order valence-corrected chi connectivity index (χ0v) is 17.9. The highest BCUT2D eigenvalue weighted by atomic mass is 16.5. The predicted octanol–water partition coefficient (Wildman–Crippen LogP) is 2.00. The van der Waals surface area contributed by atoms with E-state index >= 15 is 0 Å². The van der Waals surface area contributed by atoms with Crippen molar-refractivity contribution in [3.8, 4) is 17.2 Å². The number of methoxy groups -OCH3 is 4. The first-order valence-electron chi connectivity index (χ1n) is 9.59. The summed E-state index contributed by atoms with van der Waals surface area (Å²) in [7, 11) is 6.02. The summed E-state index contributed by atoms with van der Waals surface area (Å²) in [5, 5.41) is 8.51.